The van der Waals surface area contributed by atoms with Gasteiger partial charge in [-0.2, -0.15) is 5.10 Å². The van der Waals surface area contributed by atoms with Gasteiger partial charge in [0.2, 0.25) is 0 Å². The zero-order valence-corrected chi connectivity index (χ0v) is 15.3. The summed E-state index contributed by atoms with van der Waals surface area (Å²) < 4.78 is 7.50. The minimum Gasteiger partial charge on any atom is -0.465 e. The van der Waals surface area contributed by atoms with E-state index in [0.717, 1.165) is 9.35 Å². The Morgan fingerprint density at radius 2 is 2.36 bits per heavy atom. The standard InChI is InChI=1S/C13H15BrN4O2S2/c1-8-5-10(12(19)20-2)11(22-8)17-13(21)15-3-4-18-7-9(14)6-16-18/h5-7H,3-4H2,1-2H3,(H2,15,17,21). The first kappa shape index (κ1) is 16.9. The minimum absolute atomic E-state index is 0.379. The van der Waals surface area contributed by atoms with Gasteiger partial charge in [0, 0.05) is 17.6 Å². The Morgan fingerprint density at radius 1 is 1.59 bits per heavy atom. The molecule has 9 heteroatoms. The number of methoxy groups -OCH3 is 1. The summed E-state index contributed by atoms with van der Waals surface area (Å²) in [6.07, 6.45) is 3.61. The predicted molar refractivity (Wildman–Crippen MR) is 94.5 cm³/mol. The molecule has 0 saturated heterocycles. The number of ether oxygens (including phenoxy) is 1. The van der Waals surface area contributed by atoms with Crippen LogP contribution in [0.15, 0.2) is 22.9 Å². The summed E-state index contributed by atoms with van der Waals surface area (Å²) in [5.41, 5.74) is 0.491. The van der Waals surface area contributed by atoms with E-state index in [-0.39, 0.29) is 5.97 Å². The molecule has 0 amide bonds. The summed E-state index contributed by atoms with van der Waals surface area (Å²) in [4.78, 5) is 12.7. The average molecular weight is 403 g/mol. The lowest BCUT2D eigenvalue weighted by Crippen LogP contribution is -2.31. The molecule has 2 aromatic heterocycles. The second-order valence-corrected chi connectivity index (χ2v) is 6.97. The van der Waals surface area contributed by atoms with Crippen molar-refractivity contribution >= 4 is 55.6 Å². The number of aryl methyl sites for hydroxylation is 1. The number of nitrogens with zero attached hydrogens (tertiary/aromatic N) is 2. The summed E-state index contributed by atoms with van der Waals surface area (Å²) in [6, 6.07) is 1.78. The van der Waals surface area contributed by atoms with Crippen LogP contribution in [-0.4, -0.2) is 34.5 Å². The van der Waals surface area contributed by atoms with Crippen molar-refractivity contribution in [2.45, 2.75) is 13.5 Å². The molecule has 2 N–H and O–H groups in total. The van der Waals surface area contributed by atoms with Gasteiger partial charge >= 0.3 is 5.97 Å². The third kappa shape index (κ3) is 4.52. The summed E-state index contributed by atoms with van der Waals surface area (Å²) in [6.45, 7) is 3.23. The van der Waals surface area contributed by atoms with Gasteiger partial charge in [-0.1, -0.05) is 0 Å². The van der Waals surface area contributed by atoms with E-state index in [1.807, 2.05) is 13.1 Å². The monoisotopic (exact) mass is 402 g/mol. The number of carbonyl (C=O) groups excluding carboxylic acids is 1. The fraction of sp³-hybridized carbons (Fsp3) is 0.308. The summed E-state index contributed by atoms with van der Waals surface area (Å²) in [7, 11) is 1.36. The number of thiocarbonyl (C=S) groups is 1. The number of halogens is 1. The SMILES string of the molecule is COC(=O)c1cc(C)sc1NC(=S)NCCn1cc(Br)cn1. The highest BCUT2D eigenvalue weighted by molar-refractivity contribution is 9.10. The first-order valence-corrected chi connectivity index (χ1v) is 8.43. The smallest absolute Gasteiger partial charge is 0.340 e. The molecule has 118 valence electrons. The molecule has 2 aromatic rings. The molecular weight excluding hydrogens is 388 g/mol. The van der Waals surface area contributed by atoms with Crippen LogP contribution in [0.4, 0.5) is 5.00 Å². The molecule has 0 atom stereocenters. The maximum Gasteiger partial charge on any atom is 0.340 e. The molecule has 0 radical (unpaired) electrons. The predicted octanol–water partition coefficient (Wildman–Crippen LogP) is 2.79. The summed E-state index contributed by atoms with van der Waals surface area (Å²) in [5, 5.41) is 11.4. The van der Waals surface area contributed by atoms with Crippen molar-refractivity contribution in [2.24, 2.45) is 0 Å². The van der Waals surface area contributed by atoms with Crippen molar-refractivity contribution in [3.63, 3.8) is 0 Å². The number of anilines is 1. The van der Waals surface area contributed by atoms with Gasteiger partial charge in [-0.3, -0.25) is 4.68 Å². The molecule has 0 aliphatic carbocycles. The molecule has 0 bridgehead atoms. The highest BCUT2D eigenvalue weighted by Gasteiger charge is 2.16. The fourth-order valence-electron chi connectivity index (χ4n) is 1.76. The summed E-state index contributed by atoms with van der Waals surface area (Å²) in [5.74, 6) is -0.379. The van der Waals surface area contributed by atoms with Crippen molar-refractivity contribution in [3.05, 3.63) is 33.4 Å². The Morgan fingerprint density at radius 3 is 3.00 bits per heavy atom. The number of esters is 1. The van der Waals surface area contributed by atoms with E-state index in [4.69, 9.17) is 17.0 Å². The van der Waals surface area contributed by atoms with Crippen LogP contribution >= 0.6 is 39.5 Å². The number of hydrogen-bond acceptors (Lipinski definition) is 5. The molecular formula is C13H15BrN4O2S2. The summed E-state index contributed by atoms with van der Waals surface area (Å²) >= 11 is 10.0. The quantitative estimate of drug-likeness (QED) is 0.591. The molecule has 2 heterocycles. The second-order valence-electron chi connectivity index (χ2n) is 4.39. The molecule has 6 nitrogen and oxygen atoms in total. The number of thiophene rings is 1. The van der Waals surface area contributed by atoms with E-state index < -0.39 is 0 Å². The van der Waals surface area contributed by atoms with E-state index >= 15 is 0 Å². The third-order valence-corrected chi connectivity index (χ3v) is 4.34. The van der Waals surface area contributed by atoms with Crippen molar-refractivity contribution in [1.82, 2.24) is 15.1 Å². The van der Waals surface area contributed by atoms with E-state index in [9.17, 15) is 4.79 Å². The van der Waals surface area contributed by atoms with E-state index in [1.54, 1.807) is 16.9 Å². The van der Waals surface area contributed by atoms with Crippen LogP contribution in [-0.2, 0) is 11.3 Å². The Hall–Kier alpha value is -1.45. The molecule has 0 aliphatic rings. The van der Waals surface area contributed by atoms with Crippen LogP contribution in [0.2, 0.25) is 0 Å². The van der Waals surface area contributed by atoms with Gasteiger partial charge in [0.25, 0.3) is 0 Å². The lowest BCUT2D eigenvalue weighted by molar-refractivity contribution is 0.0602. The molecule has 0 aromatic carbocycles. The Bertz CT molecular complexity index is 683. The zero-order chi connectivity index (χ0) is 16.1. The van der Waals surface area contributed by atoms with Crippen molar-refractivity contribution in [1.29, 1.82) is 0 Å². The Kier molecular flexibility index (Phi) is 5.92. The lowest BCUT2D eigenvalue weighted by atomic mass is 10.3. The molecule has 2 rings (SSSR count). The van der Waals surface area contributed by atoms with Crippen LogP contribution in [0, 0.1) is 6.92 Å². The number of rotatable bonds is 5. The van der Waals surface area contributed by atoms with Gasteiger partial charge < -0.3 is 15.4 Å². The topological polar surface area (TPSA) is 68.2 Å². The Balaban J connectivity index is 1.88. The van der Waals surface area contributed by atoms with Gasteiger partial charge in [-0.25, -0.2) is 4.79 Å². The average Bonchev–Trinajstić information content (AvgIpc) is 3.04. The van der Waals surface area contributed by atoms with Gasteiger partial charge in [-0.05, 0) is 41.1 Å². The number of carbonyl (C=O) groups is 1. The van der Waals surface area contributed by atoms with Crippen LogP contribution in [0.25, 0.3) is 0 Å². The number of aromatic nitrogens is 2. The number of hydrogen-bond donors (Lipinski definition) is 2. The van der Waals surface area contributed by atoms with E-state index in [0.29, 0.717) is 28.8 Å². The maximum atomic E-state index is 11.7. The minimum atomic E-state index is -0.379. The normalized spacial score (nSPS) is 10.3. The van der Waals surface area contributed by atoms with Crippen LogP contribution in [0.3, 0.4) is 0 Å². The van der Waals surface area contributed by atoms with Crippen LogP contribution < -0.4 is 10.6 Å². The zero-order valence-electron chi connectivity index (χ0n) is 12.1. The van der Waals surface area contributed by atoms with Crippen molar-refractivity contribution < 1.29 is 9.53 Å². The molecule has 0 spiro atoms. The lowest BCUT2D eigenvalue weighted by Gasteiger charge is -2.10. The maximum absolute atomic E-state index is 11.7. The van der Waals surface area contributed by atoms with Gasteiger partial charge in [0.1, 0.15) is 5.00 Å². The first-order chi connectivity index (χ1) is 10.5. The largest absolute Gasteiger partial charge is 0.465 e. The number of nitrogens with one attached hydrogen (secondary N) is 2. The second kappa shape index (κ2) is 7.70. The van der Waals surface area contributed by atoms with Crippen molar-refractivity contribution in [3.8, 4) is 0 Å². The van der Waals surface area contributed by atoms with Gasteiger partial charge in [-0.15, -0.1) is 11.3 Å². The van der Waals surface area contributed by atoms with E-state index in [2.05, 4.69) is 31.7 Å². The first-order valence-electron chi connectivity index (χ1n) is 6.41. The van der Waals surface area contributed by atoms with Crippen LogP contribution in [0.1, 0.15) is 15.2 Å². The Labute approximate surface area is 146 Å². The molecule has 0 unspecified atom stereocenters. The fourth-order valence-corrected chi connectivity index (χ4v) is 3.26. The van der Waals surface area contributed by atoms with E-state index in [1.165, 1.54) is 18.4 Å². The van der Waals surface area contributed by atoms with Gasteiger partial charge in [0.05, 0.1) is 29.9 Å². The third-order valence-electron chi connectivity index (χ3n) is 2.72. The molecule has 0 fully saturated rings. The molecule has 0 saturated carbocycles. The molecule has 22 heavy (non-hydrogen) atoms. The highest BCUT2D eigenvalue weighted by atomic mass is 79.9. The van der Waals surface area contributed by atoms with Crippen molar-refractivity contribution in [2.75, 3.05) is 19.0 Å². The van der Waals surface area contributed by atoms with Gasteiger partial charge in [0.15, 0.2) is 5.11 Å². The highest BCUT2D eigenvalue weighted by Crippen LogP contribution is 2.28. The van der Waals surface area contributed by atoms with Crippen LogP contribution in [0.5, 0.6) is 0 Å². The molecule has 0 aliphatic heterocycles.